The molecule has 3 amide bonds. The van der Waals surface area contributed by atoms with Crippen LogP contribution in [0.4, 0.5) is 5.69 Å². The average Bonchev–Trinajstić information content (AvgIpc) is 3.82. The first kappa shape index (κ1) is 33.9. The van der Waals surface area contributed by atoms with E-state index in [1.807, 2.05) is 4.90 Å². The maximum absolute atomic E-state index is 13.6. The summed E-state index contributed by atoms with van der Waals surface area (Å²) in [7, 11) is -4.03. The molecule has 5 aliphatic rings. The number of nitrogens with one attached hydrogen (secondary N) is 5. The van der Waals surface area contributed by atoms with E-state index < -0.39 is 58.9 Å². The second kappa shape index (κ2) is 14.6. The van der Waals surface area contributed by atoms with Crippen LogP contribution in [0.25, 0.3) is 0 Å². The van der Waals surface area contributed by atoms with Gasteiger partial charge in [0.25, 0.3) is 5.91 Å². The molecule has 7 rings (SSSR count). The number of benzene rings is 2. The second-order valence-electron chi connectivity index (χ2n) is 12.2. The first-order valence-corrected chi connectivity index (χ1v) is 17.7. The first-order chi connectivity index (χ1) is 23.6. The van der Waals surface area contributed by atoms with Crippen LogP contribution >= 0.6 is 0 Å². The number of aliphatic imine (C=N–C) groups is 2. The Morgan fingerprint density at radius 3 is 2.45 bits per heavy atom. The van der Waals surface area contributed by atoms with Crippen LogP contribution in [0.15, 0.2) is 69.5 Å². The monoisotopic (exact) mass is 693 g/mol. The molecular formula is C32H39N9O7S. The Bertz CT molecular complexity index is 1760. The zero-order valence-electron chi connectivity index (χ0n) is 26.7. The number of fused-ring (bicyclic) bond motifs is 3. The highest BCUT2D eigenvalue weighted by atomic mass is 32.2. The second-order valence-corrected chi connectivity index (χ2v) is 14.1. The Labute approximate surface area is 283 Å². The Hall–Kier alpha value is -5.03. The molecule has 4 heterocycles. The molecule has 1 saturated carbocycles. The minimum absolute atomic E-state index is 0.0644. The van der Waals surface area contributed by atoms with Gasteiger partial charge in [-0.2, -0.15) is 4.31 Å². The smallest absolute Gasteiger partial charge is 0.328 e. The van der Waals surface area contributed by atoms with Crippen LogP contribution in [-0.4, -0.2) is 116 Å². The van der Waals surface area contributed by atoms with E-state index in [-0.39, 0.29) is 22.4 Å². The van der Waals surface area contributed by atoms with Crippen molar-refractivity contribution in [1.29, 1.82) is 0 Å². The molecule has 16 nitrogen and oxygen atoms in total. The minimum atomic E-state index is -4.03. The number of nitrogens with zero attached hydrogens (tertiary/aromatic N) is 4. The van der Waals surface area contributed by atoms with Gasteiger partial charge in [-0.05, 0) is 61.9 Å². The summed E-state index contributed by atoms with van der Waals surface area (Å²) in [5.74, 6) is -2.24. The summed E-state index contributed by atoms with van der Waals surface area (Å²) in [5, 5.41) is 23.7. The largest absolute Gasteiger partial charge is 0.480 e. The fraction of sp³-hybridized carbons (Fsp3) is 0.438. The van der Waals surface area contributed by atoms with Crippen LogP contribution < -0.4 is 26.6 Å². The van der Waals surface area contributed by atoms with Crippen molar-refractivity contribution in [3.8, 4) is 0 Å². The van der Waals surface area contributed by atoms with Gasteiger partial charge in [0.05, 0.1) is 24.5 Å². The molecule has 17 heteroatoms. The fourth-order valence-electron chi connectivity index (χ4n) is 6.69. The van der Waals surface area contributed by atoms with Crippen molar-refractivity contribution in [2.45, 2.75) is 48.7 Å². The lowest BCUT2D eigenvalue weighted by molar-refractivity contribution is -0.143. The molecule has 1 unspecified atom stereocenters. The Balaban J connectivity index is 1.02. The van der Waals surface area contributed by atoms with E-state index in [2.05, 4.69) is 36.6 Å². The number of rotatable bonds is 11. The third-order valence-electron chi connectivity index (χ3n) is 9.07. The van der Waals surface area contributed by atoms with Crippen LogP contribution in [0.5, 0.6) is 0 Å². The van der Waals surface area contributed by atoms with Crippen molar-refractivity contribution in [2.75, 3.05) is 44.6 Å². The van der Waals surface area contributed by atoms with Crippen molar-refractivity contribution < 1.29 is 32.7 Å². The fourth-order valence-corrected chi connectivity index (χ4v) is 8.60. The van der Waals surface area contributed by atoms with Crippen molar-refractivity contribution >= 4 is 51.3 Å². The van der Waals surface area contributed by atoms with E-state index in [9.17, 15) is 32.7 Å². The highest BCUT2D eigenvalue weighted by molar-refractivity contribution is 7.89. The van der Waals surface area contributed by atoms with Gasteiger partial charge in [-0.1, -0.05) is 24.3 Å². The topological polar surface area (TPSA) is 214 Å². The van der Waals surface area contributed by atoms with Crippen LogP contribution in [-0.2, 0) is 24.4 Å². The standard InChI is InChI=1S/C32H39N9O7S/c42-26(19-37-28(43)21-5-4-6-22(17-21)38-32-35-15-16-40(32)31-33-13-14-34-31)36-18-25(30(45)46)39-29(44)27-20-9-11-23(12-10-20)41(27)49(47,48)24-7-2-1-3-8-24/h1-8,17,20,23,25,27H,9-16,18-19H2,(H,33,34)(H,35,38)(H,36,42)(H,37,43)(H,39,44)(H,45,46)/t20?,23?,25-,27?/m0/s1. The van der Waals surface area contributed by atoms with E-state index in [1.54, 1.807) is 42.5 Å². The molecule has 0 aromatic heterocycles. The maximum atomic E-state index is 13.6. The van der Waals surface area contributed by atoms with Gasteiger partial charge in [0.2, 0.25) is 33.8 Å². The van der Waals surface area contributed by atoms with Crippen molar-refractivity contribution in [3.05, 3.63) is 60.2 Å². The lowest BCUT2D eigenvalue weighted by Gasteiger charge is -2.49. The molecule has 2 saturated heterocycles. The number of amides is 3. The van der Waals surface area contributed by atoms with Crippen molar-refractivity contribution in [3.63, 3.8) is 0 Å². The SMILES string of the molecule is O=C(CNC(=O)c1cccc(NC2=NCCN2C2=NCCN2)c1)NC[C@H](NC(=O)C1C2CCC(CC2)N1S(=O)(=O)c1ccccc1)C(=O)O. The minimum Gasteiger partial charge on any atom is -0.480 e. The normalized spacial score (nSPS) is 22.4. The number of guanidine groups is 2. The van der Waals surface area contributed by atoms with E-state index in [1.165, 1.54) is 16.4 Å². The molecule has 2 aromatic rings. The first-order valence-electron chi connectivity index (χ1n) is 16.3. The quantitative estimate of drug-likeness (QED) is 0.182. The highest BCUT2D eigenvalue weighted by Crippen LogP contribution is 2.42. The lowest BCUT2D eigenvalue weighted by atomic mass is 9.76. The van der Waals surface area contributed by atoms with Crippen LogP contribution in [0.1, 0.15) is 36.0 Å². The zero-order valence-corrected chi connectivity index (χ0v) is 27.5. The summed E-state index contributed by atoms with van der Waals surface area (Å²) >= 11 is 0. The molecule has 2 bridgehead atoms. The number of hydrogen-bond donors (Lipinski definition) is 6. The van der Waals surface area contributed by atoms with E-state index in [0.717, 1.165) is 12.5 Å². The predicted octanol–water partition coefficient (Wildman–Crippen LogP) is -0.223. The molecule has 6 N–H and O–H groups in total. The van der Waals surface area contributed by atoms with Gasteiger partial charge in [-0.25, -0.2) is 13.2 Å². The van der Waals surface area contributed by atoms with Crippen molar-refractivity contribution in [1.82, 2.24) is 30.5 Å². The number of piperidine rings is 2. The Morgan fingerprint density at radius 2 is 1.73 bits per heavy atom. The van der Waals surface area contributed by atoms with E-state index >= 15 is 0 Å². The molecule has 0 radical (unpaired) electrons. The van der Waals surface area contributed by atoms with Crippen molar-refractivity contribution in [2.24, 2.45) is 15.9 Å². The third kappa shape index (κ3) is 7.51. The van der Waals surface area contributed by atoms with Gasteiger partial charge in [0, 0.05) is 36.9 Å². The summed E-state index contributed by atoms with van der Waals surface area (Å²) in [4.78, 5) is 62.0. The lowest BCUT2D eigenvalue weighted by Crippen LogP contribution is -2.64. The number of carboxylic acids is 1. The van der Waals surface area contributed by atoms with Gasteiger partial charge >= 0.3 is 5.97 Å². The Kier molecular flexibility index (Phi) is 10.1. The number of sulfonamides is 1. The highest BCUT2D eigenvalue weighted by Gasteiger charge is 2.51. The number of aliphatic carboxylic acids is 1. The van der Waals surface area contributed by atoms with Crippen LogP contribution in [0.3, 0.4) is 0 Å². The third-order valence-corrected chi connectivity index (χ3v) is 11.0. The number of carbonyl (C=O) groups excluding carboxylic acids is 3. The van der Waals surface area contributed by atoms with Crippen LogP contribution in [0.2, 0.25) is 0 Å². The van der Waals surface area contributed by atoms with Gasteiger partial charge in [0.15, 0.2) is 0 Å². The Morgan fingerprint density at radius 1 is 0.959 bits per heavy atom. The molecule has 2 atom stereocenters. The molecule has 1 aliphatic carbocycles. The summed E-state index contributed by atoms with van der Waals surface area (Å²) in [6, 6.07) is 11.6. The maximum Gasteiger partial charge on any atom is 0.328 e. The summed E-state index contributed by atoms with van der Waals surface area (Å²) in [6.07, 6.45) is 2.54. The van der Waals surface area contributed by atoms with Crippen LogP contribution in [0, 0.1) is 5.92 Å². The predicted molar refractivity (Wildman–Crippen MR) is 179 cm³/mol. The molecule has 4 aliphatic heterocycles. The molecular weight excluding hydrogens is 654 g/mol. The van der Waals surface area contributed by atoms with Gasteiger partial charge in [-0.3, -0.25) is 29.3 Å². The number of hydrogen-bond acceptors (Lipinski definition) is 11. The number of carboxylic acid groups (broad SMARTS) is 1. The van der Waals surface area contributed by atoms with E-state index in [0.29, 0.717) is 57.0 Å². The molecule has 2 aromatic carbocycles. The average molecular weight is 694 g/mol. The number of anilines is 1. The number of carbonyl (C=O) groups is 4. The van der Waals surface area contributed by atoms with Gasteiger partial charge in [-0.15, -0.1) is 0 Å². The summed E-state index contributed by atoms with van der Waals surface area (Å²) < 4.78 is 28.5. The molecule has 260 valence electrons. The molecule has 3 fully saturated rings. The van der Waals surface area contributed by atoms with E-state index in [4.69, 9.17) is 0 Å². The van der Waals surface area contributed by atoms with Gasteiger partial charge in [0.1, 0.15) is 12.1 Å². The molecule has 0 spiro atoms. The summed E-state index contributed by atoms with van der Waals surface area (Å²) in [6.45, 7) is 1.80. The zero-order chi connectivity index (χ0) is 34.5. The molecule has 49 heavy (non-hydrogen) atoms. The summed E-state index contributed by atoms with van der Waals surface area (Å²) in [5.41, 5.74) is 0.898. The van der Waals surface area contributed by atoms with Gasteiger partial charge < -0.3 is 31.7 Å².